The second-order valence-electron chi connectivity index (χ2n) is 11.1. The van der Waals surface area contributed by atoms with Crippen LogP contribution in [0.1, 0.15) is 43.5 Å². The molecule has 3 aromatic rings. The molecule has 0 radical (unpaired) electrons. The fourth-order valence-corrected chi connectivity index (χ4v) is 5.01. The summed E-state index contributed by atoms with van der Waals surface area (Å²) < 4.78 is 5.43. The molecule has 9 heteroatoms. The molecule has 3 amide bonds. The Morgan fingerprint density at radius 2 is 1.68 bits per heavy atom. The van der Waals surface area contributed by atoms with E-state index in [2.05, 4.69) is 31.1 Å². The Balaban J connectivity index is 1.72. The number of morpholine rings is 1. The van der Waals surface area contributed by atoms with Gasteiger partial charge >= 0.3 is 0 Å². The number of carbonyl (C=O) groups excluding carboxylic acids is 3. The van der Waals surface area contributed by atoms with Gasteiger partial charge in [0.2, 0.25) is 17.7 Å². The summed E-state index contributed by atoms with van der Waals surface area (Å²) >= 11 is 6.09. The molecule has 216 valence electrons. The number of anilines is 1. The third-order valence-electron chi connectivity index (χ3n) is 7.12. The maximum Gasteiger partial charge on any atom is 0.248 e. The lowest BCUT2D eigenvalue weighted by molar-refractivity contribution is -0.140. The van der Waals surface area contributed by atoms with Gasteiger partial charge in [0.05, 0.1) is 13.2 Å². The molecule has 8 nitrogen and oxygen atoms in total. The van der Waals surface area contributed by atoms with Crippen molar-refractivity contribution < 1.29 is 19.1 Å². The molecule has 2 heterocycles. The number of nitrogens with zero attached hydrogens (tertiary/aromatic N) is 3. The number of aromatic nitrogens is 1. The van der Waals surface area contributed by atoms with Crippen molar-refractivity contribution in [2.45, 2.75) is 44.7 Å². The normalized spacial score (nSPS) is 15.1. The molecule has 0 bridgehead atoms. The number of hydrogen-bond acceptors (Lipinski definition) is 5. The van der Waals surface area contributed by atoms with E-state index in [0.29, 0.717) is 44.0 Å². The molecule has 4 rings (SSSR count). The van der Waals surface area contributed by atoms with Gasteiger partial charge in [-0.2, -0.15) is 0 Å². The highest BCUT2D eigenvalue weighted by atomic mass is 35.5. The van der Waals surface area contributed by atoms with Crippen LogP contribution in [-0.4, -0.2) is 65.8 Å². The third-order valence-corrected chi connectivity index (χ3v) is 7.35. The molecule has 0 spiro atoms. The predicted octanol–water partition coefficient (Wildman–Crippen LogP) is 4.28. The van der Waals surface area contributed by atoms with Crippen LogP contribution in [0.3, 0.4) is 0 Å². The van der Waals surface area contributed by atoms with Crippen LogP contribution in [0, 0.1) is 0 Å². The van der Waals surface area contributed by atoms with Gasteiger partial charge in [0.25, 0.3) is 0 Å². The van der Waals surface area contributed by atoms with Crippen molar-refractivity contribution in [1.29, 1.82) is 0 Å². The van der Waals surface area contributed by atoms with E-state index in [4.69, 9.17) is 16.3 Å². The maximum absolute atomic E-state index is 14.2. The minimum atomic E-state index is -1.11. The molecule has 0 saturated carbocycles. The largest absolute Gasteiger partial charge is 0.378 e. The monoisotopic (exact) mass is 576 g/mol. The molecule has 1 fully saturated rings. The van der Waals surface area contributed by atoms with E-state index in [0.717, 1.165) is 11.1 Å². The van der Waals surface area contributed by atoms with Crippen LogP contribution >= 0.6 is 11.6 Å². The summed E-state index contributed by atoms with van der Waals surface area (Å²) in [5, 5.41) is 2.99. The van der Waals surface area contributed by atoms with E-state index in [1.165, 1.54) is 4.90 Å². The predicted molar refractivity (Wildman–Crippen MR) is 160 cm³/mol. The van der Waals surface area contributed by atoms with Crippen LogP contribution in [0.2, 0.25) is 0 Å². The first-order chi connectivity index (χ1) is 19.7. The number of benzene rings is 2. The molecule has 1 aliphatic heterocycles. The van der Waals surface area contributed by atoms with E-state index in [-0.39, 0.29) is 17.2 Å². The van der Waals surface area contributed by atoms with E-state index in [9.17, 15) is 14.4 Å². The van der Waals surface area contributed by atoms with Crippen LogP contribution in [0.15, 0.2) is 79.1 Å². The molecule has 2 unspecified atom stereocenters. The summed E-state index contributed by atoms with van der Waals surface area (Å²) in [6.45, 7) is 8.10. The number of nitrogens with one attached hydrogen (secondary N) is 1. The summed E-state index contributed by atoms with van der Waals surface area (Å²) in [6.07, 6.45) is 3.45. The molecule has 1 saturated heterocycles. The number of rotatable bonds is 9. The zero-order chi connectivity index (χ0) is 29.4. The standard InChI is InChI=1S/C32H37ClN4O4/c1-32(2,3)25-11-13-26(14-12-25)37(28(38)21-33)29(24-10-7-15-34-22-24)30(39)35-27(20-23-8-5-4-6-9-23)31(40)36-16-18-41-19-17-36/h4-15,22,27,29H,16-21H2,1-3H3,(H,35,39). The topological polar surface area (TPSA) is 91.8 Å². The van der Waals surface area contributed by atoms with Gasteiger partial charge < -0.3 is 15.0 Å². The second kappa shape index (κ2) is 13.7. The fourth-order valence-electron chi connectivity index (χ4n) is 4.88. The summed E-state index contributed by atoms with van der Waals surface area (Å²) in [6, 6.07) is 18.6. The summed E-state index contributed by atoms with van der Waals surface area (Å²) in [5.74, 6) is -1.47. The highest BCUT2D eigenvalue weighted by Crippen LogP contribution is 2.31. The molecule has 1 aliphatic rings. The lowest BCUT2D eigenvalue weighted by Crippen LogP contribution is -2.55. The van der Waals surface area contributed by atoms with Crippen LogP contribution in [0.25, 0.3) is 0 Å². The van der Waals surface area contributed by atoms with Gasteiger partial charge in [0.1, 0.15) is 18.0 Å². The molecule has 2 atom stereocenters. The number of pyridine rings is 1. The molecule has 1 N–H and O–H groups in total. The summed E-state index contributed by atoms with van der Waals surface area (Å²) in [7, 11) is 0. The molecule has 1 aromatic heterocycles. The quantitative estimate of drug-likeness (QED) is 0.384. The van der Waals surface area contributed by atoms with Gasteiger partial charge in [0.15, 0.2) is 0 Å². The van der Waals surface area contributed by atoms with Crippen molar-refractivity contribution in [3.63, 3.8) is 0 Å². The van der Waals surface area contributed by atoms with E-state index >= 15 is 0 Å². The van der Waals surface area contributed by atoms with Gasteiger partial charge in [-0.15, -0.1) is 11.6 Å². The van der Waals surface area contributed by atoms with E-state index in [1.807, 2.05) is 54.6 Å². The number of hydrogen-bond donors (Lipinski definition) is 1. The Morgan fingerprint density at radius 1 is 1.00 bits per heavy atom. The summed E-state index contributed by atoms with van der Waals surface area (Å²) in [5.41, 5.74) is 2.92. The number of alkyl halides is 1. The number of carbonyl (C=O) groups is 3. The van der Waals surface area contributed by atoms with Crippen LogP contribution in [-0.2, 0) is 31.0 Å². The van der Waals surface area contributed by atoms with Crippen molar-refractivity contribution >= 4 is 35.0 Å². The first-order valence-electron chi connectivity index (χ1n) is 13.8. The van der Waals surface area contributed by atoms with Crippen LogP contribution in [0.5, 0.6) is 0 Å². The highest BCUT2D eigenvalue weighted by molar-refractivity contribution is 6.29. The summed E-state index contributed by atoms with van der Waals surface area (Å²) in [4.78, 5) is 48.6. The van der Waals surface area contributed by atoms with Crippen molar-refractivity contribution in [1.82, 2.24) is 15.2 Å². The molecular weight excluding hydrogens is 540 g/mol. The second-order valence-corrected chi connectivity index (χ2v) is 11.3. The zero-order valence-corrected chi connectivity index (χ0v) is 24.5. The van der Waals surface area contributed by atoms with Gasteiger partial charge in [0, 0.05) is 43.2 Å². The minimum Gasteiger partial charge on any atom is -0.378 e. The maximum atomic E-state index is 14.2. The average molecular weight is 577 g/mol. The van der Waals surface area contributed by atoms with Crippen molar-refractivity contribution in [3.05, 3.63) is 95.8 Å². The highest BCUT2D eigenvalue weighted by Gasteiger charge is 2.36. The number of halogens is 1. The smallest absolute Gasteiger partial charge is 0.248 e. The van der Waals surface area contributed by atoms with Crippen LogP contribution < -0.4 is 10.2 Å². The molecule has 0 aliphatic carbocycles. The van der Waals surface area contributed by atoms with Crippen molar-refractivity contribution in [3.8, 4) is 0 Å². The Hall–Kier alpha value is -3.75. The van der Waals surface area contributed by atoms with Crippen molar-refractivity contribution in [2.24, 2.45) is 0 Å². The lowest BCUT2D eigenvalue weighted by Gasteiger charge is -2.34. The average Bonchev–Trinajstić information content (AvgIpc) is 2.99. The van der Waals surface area contributed by atoms with E-state index in [1.54, 1.807) is 29.4 Å². The Morgan fingerprint density at radius 3 is 2.27 bits per heavy atom. The first-order valence-corrected chi connectivity index (χ1v) is 14.3. The SMILES string of the molecule is CC(C)(C)c1ccc(N(C(=O)CCl)C(C(=O)NC(Cc2ccccc2)C(=O)N2CCOCC2)c2cccnc2)cc1. The Kier molecular flexibility index (Phi) is 10.1. The van der Waals surface area contributed by atoms with Crippen molar-refractivity contribution in [2.75, 3.05) is 37.1 Å². The number of ether oxygens (including phenoxy) is 1. The third kappa shape index (κ3) is 7.71. The van der Waals surface area contributed by atoms with Gasteiger partial charge in [-0.25, -0.2) is 0 Å². The lowest BCUT2D eigenvalue weighted by atomic mass is 9.87. The van der Waals surface area contributed by atoms with E-state index < -0.39 is 23.9 Å². The zero-order valence-electron chi connectivity index (χ0n) is 23.8. The number of amides is 3. The van der Waals surface area contributed by atoms with Gasteiger partial charge in [-0.3, -0.25) is 24.3 Å². The van der Waals surface area contributed by atoms with Crippen LogP contribution in [0.4, 0.5) is 5.69 Å². The Bertz CT molecular complexity index is 1310. The van der Waals surface area contributed by atoms with Gasteiger partial charge in [-0.1, -0.05) is 69.3 Å². The minimum absolute atomic E-state index is 0.0928. The Labute approximate surface area is 246 Å². The first kappa shape index (κ1) is 30.2. The fraction of sp³-hybridized carbons (Fsp3) is 0.375. The molecule has 2 aromatic carbocycles. The molecular formula is C32H37ClN4O4. The van der Waals surface area contributed by atoms with Gasteiger partial charge in [-0.05, 0) is 34.7 Å². The molecule has 41 heavy (non-hydrogen) atoms.